The smallest absolute Gasteiger partial charge is 0.170 e. The maximum Gasteiger partial charge on any atom is 0.170 e. The lowest BCUT2D eigenvalue weighted by Gasteiger charge is -2.04. The van der Waals surface area contributed by atoms with E-state index in [9.17, 15) is 9.18 Å². The van der Waals surface area contributed by atoms with Crippen LogP contribution < -0.4 is 0 Å². The summed E-state index contributed by atoms with van der Waals surface area (Å²) >= 11 is 5.84. The largest absolute Gasteiger partial charge is 0.294 e. The molecule has 0 bridgehead atoms. The molecule has 86 valence electrons. The first-order valence-electron chi connectivity index (χ1n) is 4.89. The second-order valence-electron chi connectivity index (χ2n) is 3.43. The number of aromatic nitrogens is 2. The van der Waals surface area contributed by atoms with Crippen LogP contribution in [0.3, 0.4) is 0 Å². The fourth-order valence-electron chi connectivity index (χ4n) is 1.41. The average molecular weight is 251 g/mol. The average Bonchev–Trinajstić information content (AvgIpc) is 2.35. The summed E-state index contributed by atoms with van der Waals surface area (Å²) in [5.74, 6) is -0.750. The third-order valence-corrected chi connectivity index (χ3v) is 2.64. The lowest BCUT2D eigenvalue weighted by Crippen LogP contribution is -2.06. The number of halogens is 2. The van der Waals surface area contributed by atoms with Crippen molar-refractivity contribution in [3.63, 3.8) is 0 Å². The third kappa shape index (κ3) is 2.65. The molecule has 1 aromatic carbocycles. The molecule has 0 radical (unpaired) electrons. The van der Waals surface area contributed by atoms with Crippen molar-refractivity contribution in [1.82, 2.24) is 9.97 Å². The van der Waals surface area contributed by atoms with E-state index in [0.717, 1.165) is 0 Å². The molecule has 0 saturated heterocycles. The Kier molecular flexibility index (Phi) is 3.44. The number of nitrogens with zero attached hydrogens (tertiary/aromatic N) is 2. The molecule has 17 heavy (non-hydrogen) atoms. The molecule has 0 aliphatic heterocycles. The Bertz CT molecular complexity index is 525. The van der Waals surface area contributed by atoms with Crippen LogP contribution in [-0.2, 0) is 6.42 Å². The Morgan fingerprint density at radius 1 is 1.29 bits per heavy atom. The Hall–Kier alpha value is -1.81. The fraction of sp³-hybridized carbons (Fsp3) is 0.0833. The van der Waals surface area contributed by atoms with Crippen LogP contribution >= 0.6 is 11.6 Å². The summed E-state index contributed by atoms with van der Waals surface area (Å²) in [6.45, 7) is 0. The third-order valence-electron chi connectivity index (χ3n) is 2.28. The molecule has 0 N–H and O–H groups in total. The molecular formula is C12H8ClFN2O. The second-order valence-corrected chi connectivity index (χ2v) is 3.83. The van der Waals surface area contributed by atoms with Crippen molar-refractivity contribution in [2.45, 2.75) is 6.42 Å². The van der Waals surface area contributed by atoms with E-state index in [2.05, 4.69) is 9.97 Å². The molecule has 0 aliphatic rings. The monoisotopic (exact) mass is 250 g/mol. The highest BCUT2D eigenvalue weighted by Gasteiger charge is 2.13. The Labute approximate surface area is 102 Å². The van der Waals surface area contributed by atoms with Gasteiger partial charge in [0.05, 0.1) is 5.56 Å². The first kappa shape index (κ1) is 11.7. The van der Waals surface area contributed by atoms with Crippen LogP contribution in [0.2, 0.25) is 5.02 Å². The SMILES string of the molecule is O=C(Cc1c(F)cccc1Cl)c1cncnc1. The predicted octanol–water partition coefficient (Wildman–Crippen LogP) is 2.69. The minimum atomic E-state index is -0.484. The normalized spacial score (nSPS) is 10.2. The van der Waals surface area contributed by atoms with Gasteiger partial charge in [-0.3, -0.25) is 4.79 Å². The zero-order chi connectivity index (χ0) is 12.3. The summed E-state index contributed by atoms with van der Waals surface area (Å²) in [5.41, 5.74) is 0.537. The van der Waals surface area contributed by atoms with Gasteiger partial charge in [0, 0.05) is 29.4 Å². The zero-order valence-electron chi connectivity index (χ0n) is 8.73. The number of rotatable bonds is 3. The van der Waals surface area contributed by atoms with Crippen molar-refractivity contribution in [3.05, 3.63) is 58.9 Å². The highest BCUT2D eigenvalue weighted by molar-refractivity contribution is 6.31. The summed E-state index contributed by atoms with van der Waals surface area (Å²) in [6.07, 6.45) is 4.01. The van der Waals surface area contributed by atoms with Gasteiger partial charge in [-0.15, -0.1) is 0 Å². The zero-order valence-corrected chi connectivity index (χ0v) is 9.49. The molecule has 3 nitrogen and oxygen atoms in total. The quantitative estimate of drug-likeness (QED) is 0.787. The first-order chi connectivity index (χ1) is 8.18. The number of Topliss-reactive ketones (excluding diaryl/α,β-unsaturated/α-hetero) is 1. The lowest BCUT2D eigenvalue weighted by atomic mass is 10.0. The van der Waals surface area contributed by atoms with Crippen molar-refractivity contribution >= 4 is 17.4 Å². The maximum atomic E-state index is 13.5. The summed E-state index contributed by atoms with van der Waals surface area (Å²) in [7, 11) is 0. The van der Waals surface area contributed by atoms with E-state index in [1.165, 1.54) is 30.9 Å². The molecule has 2 rings (SSSR count). The molecule has 0 fully saturated rings. The Balaban J connectivity index is 2.25. The molecule has 0 saturated carbocycles. The fourth-order valence-corrected chi connectivity index (χ4v) is 1.64. The minimum Gasteiger partial charge on any atom is -0.294 e. The van der Waals surface area contributed by atoms with Gasteiger partial charge in [-0.05, 0) is 12.1 Å². The van der Waals surface area contributed by atoms with Crippen LogP contribution in [0, 0.1) is 5.82 Å². The lowest BCUT2D eigenvalue weighted by molar-refractivity contribution is 0.0991. The standard InChI is InChI=1S/C12H8ClFN2O/c13-10-2-1-3-11(14)9(10)4-12(17)8-5-15-7-16-6-8/h1-3,5-7H,4H2. The molecule has 1 aromatic heterocycles. The van der Waals surface area contributed by atoms with Crippen LogP contribution in [0.1, 0.15) is 15.9 Å². The van der Waals surface area contributed by atoms with Crippen molar-refractivity contribution in [1.29, 1.82) is 0 Å². The van der Waals surface area contributed by atoms with Gasteiger partial charge in [0.25, 0.3) is 0 Å². The number of carbonyl (C=O) groups is 1. The second kappa shape index (κ2) is 5.01. The molecule has 0 aliphatic carbocycles. The van der Waals surface area contributed by atoms with Crippen LogP contribution in [-0.4, -0.2) is 15.8 Å². The van der Waals surface area contributed by atoms with E-state index in [1.807, 2.05) is 0 Å². The van der Waals surface area contributed by atoms with Crippen molar-refractivity contribution in [2.24, 2.45) is 0 Å². The van der Waals surface area contributed by atoms with Crippen LogP contribution in [0.15, 0.2) is 36.9 Å². The van der Waals surface area contributed by atoms with Gasteiger partial charge < -0.3 is 0 Å². The number of ketones is 1. The van der Waals surface area contributed by atoms with E-state index in [0.29, 0.717) is 5.56 Å². The first-order valence-corrected chi connectivity index (χ1v) is 5.27. The van der Waals surface area contributed by atoms with Crippen molar-refractivity contribution in [3.8, 4) is 0 Å². The van der Waals surface area contributed by atoms with Gasteiger partial charge in [0.15, 0.2) is 5.78 Å². The number of carbonyl (C=O) groups excluding carboxylic acids is 1. The molecule has 2 aromatic rings. The predicted molar refractivity (Wildman–Crippen MR) is 61.5 cm³/mol. The van der Waals surface area contributed by atoms with Crippen LogP contribution in [0.4, 0.5) is 4.39 Å². The molecule has 0 atom stereocenters. The van der Waals surface area contributed by atoms with E-state index < -0.39 is 5.82 Å². The van der Waals surface area contributed by atoms with Crippen LogP contribution in [0.25, 0.3) is 0 Å². The number of hydrogen-bond donors (Lipinski definition) is 0. The topological polar surface area (TPSA) is 42.9 Å². The molecule has 1 heterocycles. The van der Waals surface area contributed by atoms with Gasteiger partial charge in [-0.1, -0.05) is 17.7 Å². The van der Waals surface area contributed by atoms with Crippen molar-refractivity contribution < 1.29 is 9.18 Å². The molecule has 0 amide bonds. The maximum absolute atomic E-state index is 13.5. The van der Waals surface area contributed by atoms with Gasteiger partial charge in [0.2, 0.25) is 0 Å². The highest BCUT2D eigenvalue weighted by Crippen LogP contribution is 2.20. The van der Waals surface area contributed by atoms with Crippen LogP contribution in [0.5, 0.6) is 0 Å². The molecule has 5 heteroatoms. The highest BCUT2D eigenvalue weighted by atomic mass is 35.5. The summed E-state index contributed by atoms with van der Waals surface area (Å²) in [6, 6.07) is 4.32. The number of benzene rings is 1. The van der Waals surface area contributed by atoms with E-state index in [-0.39, 0.29) is 22.8 Å². The molecule has 0 unspecified atom stereocenters. The van der Waals surface area contributed by atoms with Gasteiger partial charge in [-0.2, -0.15) is 0 Å². The Morgan fingerprint density at radius 3 is 2.65 bits per heavy atom. The van der Waals surface area contributed by atoms with E-state index in [1.54, 1.807) is 6.07 Å². The van der Waals surface area contributed by atoms with E-state index >= 15 is 0 Å². The van der Waals surface area contributed by atoms with Crippen molar-refractivity contribution in [2.75, 3.05) is 0 Å². The van der Waals surface area contributed by atoms with Gasteiger partial charge in [-0.25, -0.2) is 14.4 Å². The summed E-state index contributed by atoms with van der Waals surface area (Å²) < 4.78 is 13.5. The minimum absolute atomic E-state index is 0.0983. The van der Waals surface area contributed by atoms with Gasteiger partial charge >= 0.3 is 0 Å². The summed E-state index contributed by atoms with van der Waals surface area (Å²) in [4.78, 5) is 19.3. The Morgan fingerprint density at radius 2 is 2.00 bits per heavy atom. The van der Waals surface area contributed by atoms with E-state index in [4.69, 9.17) is 11.6 Å². The number of hydrogen-bond acceptors (Lipinski definition) is 3. The van der Waals surface area contributed by atoms with Gasteiger partial charge in [0.1, 0.15) is 12.1 Å². The molecular weight excluding hydrogens is 243 g/mol. The molecule has 0 spiro atoms. The summed E-state index contributed by atoms with van der Waals surface area (Å²) in [5, 5.41) is 0.246.